The third-order valence-electron chi connectivity index (χ3n) is 2.54. The topological polar surface area (TPSA) is 72.2 Å². The van der Waals surface area contributed by atoms with Gasteiger partial charge in [0.2, 0.25) is 0 Å². The molecule has 0 aliphatic heterocycles. The molecule has 0 aliphatic carbocycles. The number of amides is 1. The fourth-order valence-electron chi connectivity index (χ4n) is 1.34. The Hall–Kier alpha value is -1.69. The molecule has 1 amide bonds. The van der Waals surface area contributed by atoms with Crippen molar-refractivity contribution in [2.75, 3.05) is 6.54 Å². The zero-order chi connectivity index (χ0) is 14.6. The molecule has 1 aromatic rings. The van der Waals surface area contributed by atoms with Crippen LogP contribution in [0.15, 0.2) is 18.2 Å². The molecule has 0 aliphatic rings. The van der Waals surface area contributed by atoms with Gasteiger partial charge in [0.15, 0.2) is 0 Å². The Morgan fingerprint density at radius 1 is 1.47 bits per heavy atom. The highest BCUT2D eigenvalue weighted by atomic mass is 35.5. The minimum atomic E-state index is -0.828. The van der Waals surface area contributed by atoms with Crippen LogP contribution >= 0.6 is 11.6 Å². The highest BCUT2D eigenvalue weighted by Gasteiger charge is 2.16. The zero-order valence-corrected chi connectivity index (χ0v) is 11.3. The van der Waals surface area contributed by atoms with Crippen LogP contribution in [0.4, 0.5) is 10.1 Å². The predicted molar refractivity (Wildman–Crippen MR) is 69.9 cm³/mol. The first-order chi connectivity index (χ1) is 8.81. The third kappa shape index (κ3) is 4.48. The van der Waals surface area contributed by atoms with Gasteiger partial charge in [-0.3, -0.25) is 14.9 Å². The van der Waals surface area contributed by atoms with Crippen LogP contribution in [0.3, 0.4) is 0 Å². The van der Waals surface area contributed by atoms with E-state index in [1.165, 1.54) is 0 Å². The maximum absolute atomic E-state index is 13.2. The van der Waals surface area contributed by atoms with Crippen LogP contribution in [0.25, 0.3) is 0 Å². The van der Waals surface area contributed by atoms with Crippen LogP contribution in [-0.4, -0.2) is 22.8 Å². The van der Waals surface area contributed by atoms with E-state index in [-0.39, 0.29) is 23.4 Å². The SMILES string of the molecule is CC(C)C(Cl)CNC(=O)c1cc(F)cc([N+](=O)[O-])c1. The van der Waals surface area contributed by atoms with Crippen LogP contribution in [0.1, 0.15) is 24.2 Å². The van der Waals surface area contributed by atoms with Crippen molar-refractivity contribution >= 4 is 23.2 Å². The Morgan fingerprint density at radius 3 is 2.63 bits per heavy atom. The minimum Gasteiger partial charge on any atom is -0.351 e. The monoisotopic (exact) mass is 288 g/mol. The number of alkyl halides is 1. The first-order valence-corrected chi connectivity index (χ1v) is 6.12. The fourth-order valence-corrected chi connectivity index (χ4v) is 1.42. The summed E-state index contributed by atoms with van der Waals surface area (Å²) in [6, 6.07) is 2.73. The molecular weight excluding hydrogens is 275 g/mol. The second-order valence-electron chi connectivity index (χ2n) is 4.43. The highest BCUT2D eigenvalue weighted by molar-refractivity contribution is 6.21. The number of rotatable bonds is 5. The van der Waals surface area contributed by atoms with Gasteiger partial charge in [-0.2, -0.15) is 0 Å². The fraction of sp³-hybridized carbons (Fsp3) is 0.417. The predicted octanol–water partition coefficient (Wildman–Crippen LogP) is 2.73. The summed E-state index contributed by atoms with van der Waals surface area (Å²) in [5.41, 5.74) is -0.559. The van der Waals surface area contributed by atoms with E-state index < -0.39 is 22.3 Å². The number of nitro benzene ring substituents is 1. The number of hydrogen-bond acceptors (Lipinski definition) is 3. The first kappa shape index (κ1) is 15.4. The molecule has 0 heterocycles. The number of nitrogens with one attached hydrogen (secondary N) is 1. The molecule has 0 saturated heterocycles. The molecule has 104 valence electrons. The molecule has 0 spiro atoms. The number of hydrogen-bond donors (Lipinski definition) is 1. The van der Waals surface area contributed by atoms with E-state index in [1.807, 2.05) is 13.8 Å². The van der Waals surface area contributed by atoms with Crippen molar-refractivity contribution in [2.45, 2.75) is 19.2 Å². The van der Waals surface area contributed by atoms with Gasteiger partial charge in [-0.15, -0.1) is 11.6 Å². The van der Waals surface area contributed by atoms with Gasteiger partial charge in [0, 0.05) is 18.2 Å². The molecule has 0 fully saturated rings. The van der Waals surface area contributed by atoms with Crippen molar-refractivity contribution in [3.8, 4) is 0 Å². The van der Waals surface area contributed by atoms with Crippen molar-refractivity contribution < 1.29 is 14.1 Å². The number of carbonyl (C=O) groups excluding carboxylic acids is 1. The minimum absolute atomic E-state index is 0.0978. The van der Waals surface area contributed by atoms with Gasteiger partial charge in [0.25, 0.3) is 11.6 Å². The van der Waals surface area contributed by atoms with Crippen molar-refractivity contribution in [1.82, 2.24) is 5.32 Å². The van der Waals surface area contributed by atoms with Crippen LogP contribution in [0.2, 0.25) is 0 Å². The lowest BCUT2D eigenvalue weighted by Crippen LogP contribution is -2.32. The Morgan fingerprint density at radius 2 is 2.11 bits per heavy atom. The maximum Gasteiger partial charge on any atom is 0.273 e. The zero-order valence-electron chi connectivity index (χ0n) is 10.5. The van der Waals surface area contributed by atoms with Gasteiger partial charge < -0.3 is 5.32 Å². The van der Waals surface area contributed by atoms with Gasteiger partial charge in [-0.1, -0.05) is 13.8 Å². The summed E-state index contributed by atoms with van der Waals surface area (Å²) in [5.74, 6) is -1.25. The van der Waals surface area contributed by atoms with Gasteiger partial charge in [0.1, 0.15) is 5.82 Å². The second-order valence-corrected chi connectivity index (χ2v) is 4.99. The molecule has 0 bridgehead atoms. The van der Waals surface area contributed by atoms with Crippen molar-refractivity contribution in [2.24, 2.45) is 5.92 Å². The smallest absolute Gasteiger partial charge is 0.273 e. The van der Waals surface area contributed by atoms with Gasteiger partial charge >= 0.3 is 0 Å². The van der Waals surface area contributed by atoms with Gasteiger partial charge in [-0.05, 0) is 12.0 Å². The molecule has 19 heavy (non-hydrogen) atoms. The van der Waals surface area contributed by atoms with Crippen molar-refractivity contribution in [1.29, 1.82) is 0 Å². The van der Waals surface area contributed by atoms with E-state index >= 15 is 0 Å². The number of benzene rings is 1. The summed E-state index contributed by atoms with van der Waals surface area (Å²) in [6.45, 7) is 4.01. The molecule has 1 N–H and O–H groups in total. The van der Waals surface area contributed by atoms with Crippen LogP contribution in [0, 0.1) is 21.8 Å². The highest BCUT2D eigenvalue weighted by Crippen LogP contribution is 2.16. The average Bonchev–Trinajstić information content (AvgIpc) is 2.34. The quantitative estimate of drug-likeness (QED) is 0.514. The summed E-state index contributed by atoms with van der Waals surface area (Å²) in [4.78, 5) is 21.6. The Balaban J connectivity index is 2.80. The Bertz CT molecular complexity index is 494. The average molecular weight is 289 g/mol. The lowest BCUT2D eigenvalue weighted by molar-refractivity contribution is -0.385. The van der Waals surface area contributed by atoms with E-state index in [4.69, 9.17) is 11.6 Å². The first-order valence-electron chi connectivity index (χ1n) is 5.68. The summed E-state index contributed by atoms with van der Waals surface area (Å²) in [6.07, 6.45) is 0. The van der Waals surface area contributed by atoms with Crippen LogP contribution in [-0.2, 0) is 0 Å². The van der Waals surface area contributed by atoms with Crippen molar-refractivity contribution in [3.05, 3.63) is 39.7 Å². The summed E-state index contributed by atoms with van der Waals surface area (Å²) >= 11 is 5.96. The van der Waals surface area contributed by atoms with Gasteiger partial charge in [-0.25, -0.2) is 4.39 Å². The third-order valence-corrected chi connectivity index (χ3v) is 3.19. The van der Waals surface area contributed by atoms with E-state index in [1.54, 1.807) is 0 Å². The van der Waals surface area contributed by atoms with E-state index in [0.717, 1.165) is 18.2 Å². The molecule has 0 saturated carbocycles. The molecule has 5 nitrogen and oxygen atoms in total. The van der Waals surface area contributed by atoms with Crippen molar-refractivity contribution in [3.63, 3.8) is 0 Å². The number of carbonyl (C=O) groups is 1. The number of nitro groups is 1. The molecule has 1 unspecified atom stereocenters. The van der Waals surface area contributed by atoms with E-state index in [9.17, 15) is 19.3 Å². The molecular formula is C12H14ClFN2O3. The maximum atomic E-state index is 13.2. The summed E-state index contributed by atoms with van der Waals surface area (Å²) in [7, 11) is 0. The molecule has 0 aromatic heterocycles. The molecule has 1 aromatic carbocycles. The number of non-ortho nitro benzene ring substituents is 1. The van der Waals surface area contributed by atoms with E-state index in [2.05, 4.69) is 5.32 Å². The number of nitrogens with zero attached hydrogens (tertiary/aromatic N) is 1. The van der Waals surface area contributed by atoms with Crippen LogP contribution in [0.5, 0.6) is 0 Å². The van der Waals surface area contributed by atoms with Gasteiger partial charge in [0.05, 0.1) is 16.4 Å². The standard InChI is InChI=1S/C12H14ClFN2O3/c1-7(2)11(13)6-15-12(17)8-3-9(14)5-10(4-8)16(18)19/h3-5,7,11H,6H2,1-2H3,(H,15,17). The molecule has 0 radical (unpaired) electrons. The summed E-state index contributed by atoms with van der Waals surface area (Å²) < 4.78 is 13.2. The molecule has 1 rings (SSSR count). The Kier molecular flexibility index (Phi) is 5.23. The normalized spacial score (nSPS) is 12.3. The summed E-state index contributed by atoms with van der Waals surface area (Å²) in [5, 5.41) is 12.8. The van der Waals surface area contributed by atoms with Crippen LogP contribution < -0.4 is 5.32 Å². The largest absolute Gasteiger partial charge is 0.351 e. The second kappa shape index (κ2) is 6.47. The molecule has 7 heteroatoms. The lowest BCUT2D eigenvalue weighted by atomic mass is 10.1. The molecule has 1 atom stereocenters. The Labute approximate surface area is 114 Å². The lowest BCUT2D eigenvalue weighted by Gasteiger charge is -2.14. The number of halogens is 2. The van der Waals surface area contributed by atoms with E-state index in [0.29, 0.717) is 0 Å².